The van der Waals surface area contributed by atoms with Gasteiger partial charge in [0.15, 0.2) is 0 Å². The number of aromatic nitrogens is 2. The third-order valence-corrected chi connectivity index (χ3v) is 9.35. The van der Waals surface area contributed by atoms with Gasteiger partial charge < -0.3 is 5.32 Å². The van der Waals surface area contributed by atoms with Crippen LogP contribution in [0.15, 0.2) is 64.5 Å². The molecule has 1 fully saturated rings. The van der Waals surface area contributed by atoms with Gasteiger partial charge in [-0.3, -0.25) is 4.99 Å². The number of hydrogen-bond acceptors (Lipinski definition) is 3. The maximum Gasteiger partial charge on any atom is 0.393 e. The van der Waals surface area contributed by atoms with Crippen LogP contribution in [0.3, 0.4) is 0 Å². The van der Waals surface area contributed by atoms with Gasteiger partial charge in [0.1, 0.15) is 0 Å². The molecule has 0 amide bonds. The molecule has 200 valence electrons. The van der Waals surface area contributed by atoms with Crippen molar-refractivity contribution in [1.82, 2.24) is 15.1 Å². The summed E-state index contributed by atoms with van der Waals surface area (Å²) in [5.41, 5.74) is 7.75. The number of halogens is 3. The SMILES string of the molecule is Cc1ccc(-n2ncc3c2C=C2CC[C@H]4C(=CC[C@@H](C(F)(F)F)[C@@H]4NCC4=CN=CCC4C)[C@@]2(C)C3)cc1. The van der Waals surface area contributed by atoms with Crippen molar-refractivity contribution in [3.05, 3.63) is 76.3 Å². The Morgan fingerprint density at radius 2 is 1.95 bits per heavy atom. The summed E-state index contributed by atoms with van der Waals surface area (Å²) in [5.74, 6) is -1.23. The van der Waals surface area contributed by atoms with Crippen molar-refractivity contribution in [1.29, 1.82) is 0 Å². The van der Waals surface area contributed by atoms with Gasteiger partial charge in [0.2, 0.25) is 0 Å². The second-order valence-corrected chi connectivity index (χ2v) is 11.7. The van der Waals surface area contributed by atoms with E-state index < -0.39 is 18.1 Å². The third-order valence-electron chi connectivity index (χ3n) is 9.35. The molecule has 38 heavy (non-hydrogen) atoms. The molecular formula is C31H35F3N4. The summed E-state index contributed by atoms with van der Waals surface area (Å²) in [6.07, 6.45) is 8.72. The number of fused-ring (bicyclic) bond motifs is 4. The quantitative estimate of drug-likeness (QED) is 0.441. The number of allylic oxidation sites excluding steroid dienone is 2. The van der Waals surface area contributed by atoms with Crippen LogP contribution in [0.4, 0.5) is 13.2 Å². The molecule has 0 radical (unpaired) electrons. The summed E-state index contributed by atoms with van der Waals surface area (Å²) in [5, 5.41) is 8.11. The molecule has 1 saturated carbocycles. The lowest BCUT2D eigenvalue weighted by Gasteiger charge is -2.51. The minimum absolute atomic E-state index is 0.0259. The first-order valence-electron chi connectivity index (χ1n) is 13.7. The van der Waals surface area contributed by atoms with Gasteiger partial charge in [-0.25, -0.2) is 4.68 Å². The first-order chi connectivity index (χ1) is 18.1. The second kappa shape index (κ2) is 9.37. The molecule has 0 saturated heterocycles. The van der Waals surface area contributed by atoms with Gasteiger partial charge in [-0.15, -0.1) is 0 Å². The fraction of sp³-hybridized carbons (Fsp3) is 0.484. The summed E-state index contributed by atoms with van der Waals surface area (Å²) < 4.78 is 44.8. The molecule has 1 unspecified atom stereocenters. The standard InChI is InChI=1S/C31H35F3N4/c1-19-4-7-24(8-5-19)38-28-14-23-6-9-25-26(30(23,3)15-21(28)18-37-38)10-11-27(31(32,33)34)29(25)36-17-22-16-35-13-12-20(22)2/h4-5,7-8,10,13-14,16,18,20,25,27,29,36H,6,9,11-12,15,17H2,1-3H3/t20?,25-,27+,29+,30-/m0/s1. The Morgan fingerprint density at radius 1 is 1.16 bits per heavy atom. The lowest BCUT2D eigenvalue weighted by atomic mass is 9.55. The molecule has 1 aromatic heterocycles. The van der Waals surface area contributed by atoms with Crippen LogP contribution in [0.5, 0.6) is 0 Å². The number of benzene rings is 1. The average molecular weight is 521 g/mol. The minimum Gasteiger partial charge on any atom is -0.309 e. The monoisotopic (exact) mass is 520 g/mol. The first-order valence-corrected chi connectivity index (χ1v) is 13.7. The van der Waals surface area contributed by atoms with E-state index in [4.69, 9.17) is 5.10 Å². The summed E-state index contributed by atoms with van der Waals surface area (Å²) in [6.45, 7) is 6.86. The normalized spacial score (nSPS) is 30.5. The Balaban J connectivity index is 1.32. The number of nitrogens with one attached hydrogen (secondary N) is 1. The largest absolute Gasteiger partial charge is 0.393 e. The Labute approximate surface area is 222 Å². The van der Waals surface area contributed by atoms with Crippen LogP contribution in [0, 0.1) is 30.1 Å². The van der Waals surface area contributed by atoms with Crippen LogP contribution < -0.4 is 5.32 Å². The Morgan fingerprint density at radius 3 is 2.68 bits per heavy atom. The highest BCUT2D eigenvalue weighted by molar-refractivity contribution is 5.64. The van der Waals surface area contributed by atoms with Gasteiger partial charge in [-0.05, 0) is 80.2 Å². The fourth-order valence-electron chi connectivity index (χ4n) is 7.06. The molecule has 2 aromatic rings. The van der Waals surface area contributed by atoms with E-state index in [-0.39, 0.29) is 17.8 Å². The molecule has 7 heteroatoms. The molecule has 1 aromatic carbocycles. The number of aliphatic imine (C=N–C) groups is 1. The van der Waals surface area contributed by atoms with Crippen LogP contribution in [0.25, 0.3) is 11.8 Å². The van der Waals surface area contributed by atoms with Crippen molar-refractivity contribution < 1.29 is 13.2 Å². The van der Waals surface area contributed by atoms with Crippen LogP contribution in [-0.2, 0) is 6.42 Å². The van der Waals surface area contributed by atoms with E-state index in [2.05, 4.69) is 61.4 Å². The van der Waals surface area contributed by atoms with E-state index in [1.54, 1.807) is 0 Å². The van der Waals surface area contributed by atoms with Crippen LogP contribution in [0.2, 0.25) is 0 Å². The molecule has 1 N–H and O–H groups in total. The molecule has 4 nitrogen and oxygen atoms in total. The smallest absolute Gasteiger partial charge is 0.309 e. The highest BCUT2D eigenvalue weighted by atomic mass is 19.4. The summed E-state index contributed by atoms with van der Waals surface area (Å²) >= 11 is 0. The summed E-state index contributed by atoms with van der Waals surface area (Å²) in [7, 11) is 0. The molecule has 1 aliphatic heterocycles. The second-order valence-electron chi connectivity index (χ2n) is 11.7. The van der Waals surface area contributed by atoms with Crippen LogP contribution >= 0.6 is 0 Å². The van der Waals surface area contributed by atoms with E-state index in [1.807, 2.05) is 29.4 Å². The predicted molar refractivity (Wildman–Crippen MR) is 145 cm³/mol. The molecule has 2 heterocycles. The number of alkyl halides is 3. The van der Waals surface area contributed by atoms with E-state index in [9.17, 15) is 13.2 Å². The van der Waals surface area contributed by atoms with Crippen LogP contribution in [-0.4, -0.2) is 34.8 Å². The summed E-state index contributed by atoms with van der Waals surface area (Å²) in [6, 6.07) is 7.70. The number of aryl methyl sites for hydroxylation is 1. The topological polar surface area (TPSA) is 42.2 Å². The lowest BCUT2D eigenvalue weighted by molar-refractivity contribution is -0.187. The van der Waals surface area contributed by atoms with E-state index in [0.29, 0.717) is 12.5 Å². The van der Waals surface area contributed by atoms with Crippen molar-refractivity contribution in [3.8, 4) is 5.69 Å². The highest BCUT2D eigenvalue weighted by Gasteiger charge is 2.54. The highest BCUT2D eigenvalue weighted by Crippen LogP contribution is 2.57. The zero-order valence-electron chi connectivity index (χ0n) is 22.2. The van der Waals surface area contributed by atoms with Gasteiger partial charge in [-0.2, -0.15) is 18.3 Å². The van der Waals surface area contributed by atoms with E-state index in [1.165, 1.54) is 16.7 Å². The lowest BCUT2D eigenvalue weighted by Crippen LogP contribution is -2.54. The van der Waals surface area contributed by atoms with Crippen molar-refractivity contribution >= 4 is 12.3 Å². The molecule has 0 bridgehead atoms. The van der Waals surface area contributed by atoms with Crippen molar-refractivity contribution in [2.75, 3.05) is 6.54 Å². The molecule has 5 atom stereocenters. The Hall–Kier alpha value is -2.93. The molecule has 0 spiro atoms. The van der Waals surface area contributed by atoms with Gasteiger partial charge in [-0.1, -0.05) is 48.8 Å². The van der Waals surface area contributed by atoms with Gasteiger partial charge in [0.05, 0.1) is 23.5 Å². The van der Waals surface area contributed by atoms with Crippen molar-refractivity contribution in [2.45, 2.75) is 65.1 Å². The van der Waals surface area contributed by atoms with Gasteiger partial charge in [0, 0.05) is 30.4 Å². The maximum atomic E-state index is 14.3. The zero-order chi connectivity index (χ0) is 26.7. The van der Waals surface area contributed by atoms with E-state index >= 15 is 0 Å². The van der Waals surface area contributed by atoms with Crippen molar-refractivity contribution in [2.24, 2.45) is 28.2 Å². The molecule has 6 rings (SSSR count). The summed E-state index contributed by atoms with van der Waals surface area (Å²) in [4.78, 5) is 4.26. The maximum absolute atomic E-state index is 14.3. The predicted octanol–water partition coefficient (Wildman–Crippen LogP) is 7.00. The zero-order valence-corrected chi connectivity index (χ0v) is 22.2. The average Bonchev–Trinajstić information content (AvgIpc) is 3.28. The van der Waals surface area contributed by atoms with Crippen LogP contribution in [0.1, 0.15) is 56.4 Å². The number of rotatable bonds is 4. The number of nitrogens with zero attached hydrogens (tertiary/aromatic N) is 3. The Bertz CT molecular complexity index is 1340. The minimum atomic E-state index is -4.24. The first kappa shape index (κ1) is 25.4. The molecule has 4 aliphatic rings. The third kappa shape index (κ3) is 4.29. The fourth-order valence-corrected chi connectivity index (χ4v) is 7.06. The molecule has 3 aliphatic carbocycles. The number of hydrogen-bond donors (Lipinski definition) is 1. The molecular weight excluding hydrogens is 485 g/mol. The van der Waals surface area contributed by atoms with E-state index in [0.717, 1.165) is 48.2 Å². The van der Waals surface area contributed by atoms with Gasteiger partial charge >= 0.3 is 6.18 Å². The Kier molecular flexibility index (Phi) is 6.25. The van der Waals surface area contributed by atoms with Gasteiger partial charge in [0.25, 0.3) is 0 Å². The van der Waals surface area contributed by atoms with Crippen molar-refractivity contribution in [3.63, 3.8) is 0 Å².